The summed E-state index contributed by atoms with van der Waals surface area (Å²) in [7, 11) is -3.98. The highest BCUT2D eigenvalue weighted by atomic mass is 32.2. The maximum atomic E-state index is 12.4. The van der Waals surface area contributed by atoms with Gasteiger partial charge in [-0.25, -0.2) is 12.7 Å². The van der Waals surface area contributed by atoms with Gasteiger partial charge in [0.05, 0.1) is 5.56 Å². The number of hydrogen-bond acceptors (Lipinski definition) is 4. The maximum Gasteiger partial charge on any atom is 0.269 e. The van der Waals surface area contributed by atoms with Crippen LogP contribution >= 0.6 is 0 Å². The SMILES string of the molecule is Cc1cccc(NC(=O)CN2C(=O)c3ccccc3S2(=O)=O)c1C. The number of nitrogens with zero attached hydrogens (tertiary/aromatic N) is 1. The number of aryl methyl sites for hydroxylation is 1. The van der Waals surface area contributed by atoms with Crippen LogP contribution in [0, 0.1) is 13.8 Å². The topological polar surface area (TPSA) is 83.6 Å². The van der Waals surface area contributed by atoms with Crippen LogP contribution < -0.4 is 5.32 Å². The molecule has 0 saturated carbocycles. The molecule has 0 atom stereocenters. The molecule has 1 heterocycles. The Labute approximate surface area is 140 Å². The lowest BCUT2D eigenvalue weighted by Gasteiger charge is -2.16. The minimum Gasteiger partial charge on any atom is -0.324 e. The van der Waals surface area contributed by atoms with E-state index in [4.69, 9.17) is 0 Å². The summed E-state index contributed by atoms with van der Waals surface area (Å²) in [4.78, 5) is 24.5. The summed E-state index contributed by atoms with van der Waals surface area (Å²) in [5.74, 6) is -1.24. The Morgan fingerprint density at radius 3 is 2.50 bits per heavy atom. The molecule has 0 unspecified atom stereocenters. The minimum atomic E-state index is -3.98. The molecule has 0 bridgehead atoms. The highest BCUT2D eigenvalue weighted by Crippen LogP contribution is 2.29. The van der Waals surface area contributed by atoms with Crippen molar-refractivity contribution in [2.75, 3.05) is 11.9 Å². The smallest absolute Gasteiger partial charge is 0.269 e. The average Bonchev–Trinajstić information content (AvgIpc) is 2.73. The van der Waals surface area contributed by atoms with Crippen LogP contribution in [0.5, 0.6) is 0 Å². The summed E-state index contributed by atoms with van der Waals surface area (Å²) < 4.78 is 25.5. The van der Waals surface area contributed by atoms with Crippen LogP contribution in [-0.4, -0.2) is 31.1 Å². The lowest BCUT2D eigenvalue weighted by atomic mass is 10.1. The second kappa shape index (κ2) is 5.76. The maximum absolute atomic E-state index is 12.4. The van der Waals surface area contributed by atoms with Crippen LogP contribution in [0.1, 0.15) is 21.5 Å². The van der Waals surface area contributed by atoms with E-state index in [1.807, 2.05) is 19.9 Å². The molecular weight excluding hydrogens is 328 g/mol. The molecule has 24 heavy (non-hydrogen) atoms. The third-order valence-corrected chi connectivity index (χ3v) is 5.86. The van der Waals surface area contributed by atoms with E-state index in [-0.39, 0.29) is 10.5 Å². The van der Waals surface area contributed by atoms with Crippen LogP contribution in [0.25, 0.3) is 0 Å². The average molecular weight is 344 g/mol. The predicted octanol–water partition coefficient (Wildman–Crippen LogP) is 2.09. The van der Waals surface area contributed by atoms with Gasteiger partial charge in [0.1, 0.15) is 11.4 Å². The van der Waals surface area contributed by atoms with Crippen molar-refractivity contribution in [2.45, 2.75) is 18.7 Å². The number of hydrogen-bond donors (Lipinski definition) is 1. The Hall–Kier alpha value is -2.67. The lowest BCUT2D eigenvalue weighted by Crippen LogP contribution is -2.37. The second-order valence-corrected chi connectivity index (χ2v) is 7.44. The third kappa shape index (κ3) is 2.56. The molecule has 2 aromatic rings. The first-order valence-electron chi connectivity index (χ1n) is 7.34. The Morgan fingerprint density at radius 1 is 1.08 bits per heavy atom. The fourth-order valence-electron chi connectivity index (χ4n) is 2.59. The van der Waals surface area contributed by atoms with Crippen LogP contribution in [0.3, 0.4) is 0 Å². The summed E-state index contributed by atoms with van der Waals surface area (Å²) in [5, 5.41) is 2.67. The first-order chi connectivity index (χ1) is 11.3. The van der Waals surface area contributed by atoms with E-state index in [9.17, 15) is 18.0 Å². The summed E-state index contributed by atoms with van der Waals surface area (Å²) in [6.45, 7) is 3.22. The van der Waals surface area contributed by atoms with Gasteiger partial charge in [-0.1, -0.05) is 24.3 Å². The van der Waals surface area contributed by atoms with Crippen LogP contribution in [0.15, 0.2) is 47.4 Å². The van der Waals surface area contributed by atoms with Crippen molar-refractivity contribution < 1.29 is 18.0 Å². The summed E-state index contributed by atoms with van der Waals surface area (Å²) in [6.07, 6.45) is 0. The first-order valence-corrected chi connectivity index (χ1v) is 8.78. The Morgan fingerprint density at radius 2 is 1.79 bits per heavy atom. The fourth-order valence-corrected chi connectivity index (χ4v) is 4.12. The predicted molar refractivity (Wildman–Crippen MR) is 89.2 cm³/mol. The van der Waals surface area contributed by atoms with Gasteiger partial charge in [0.2, 0.25) is 5.91 Å². The Kier molecular flexibility index (Phi) is 3.88. The molecule has 0 aliphatic carbocycles. The molecule has 2 amide bonds. The Balaban J connectivity index is 1.83. The van der Waals surface area contributed by atoms with E-state index >= 15 is 0 Å². The van der Waals surface area contributed by atoms with Crippen molar-refractivity contribution in [3.8, 4) is 0 Å². The van der Waals surface area contributed by atoms with Crippen molar-refractivity contribution in [3.05, 3.63) is 59.2 Å². The zero-order chi connectivity index (χ0) is 17.5. The van der Waals surface area contributed by atoms with Crippen LogP contribution in [0.4, 0.5) is 5.69 Å². The van der Waals surface area contributed by atoms with Gasteiger partial charge in [0.15, 0.2) is 0 Å². The number of nitrogens with one attached hydrogen (secondary N) is 1. The number of anilines is 1. The van der Waals surface area contributed by atoms with E-state index in [0.29, 0.717) is 9.99 Å². The molecule has 0 fully saturated rings. The van der Waals surface area contributed by atoms with E-state index < -0.39 is 28.4 Å². The molecule has 3 rings (SSSR count). The van der Waals surface area contributed by atoms with Gasteiger partial charge in [-0.2, -0.15) is 0 Å². The Bertz CT molecular complexity index is 951. The van der Waals surface area contributed by atoms with Gasteiger partial charge < -0.3 is 5.32 Å². The molecule has 124 valence electrons. The summed E-state index contributed by atoms with van der Waals surface area (Å²) in [5.41, 5.74) is 2.59. The first kappa shape index (κ1) is 16.2. The third-order valence-electron chi connectivity index (χ3n) is 4.08. The lowest BCUT2D eigenvalue weighted by molar-refractivity contribution is -0.116. The number of sulfonamides is 1. The van der Waals surface area contributed by atoms with Crippen molar-refractivity contribution in [1.29, 1.82) is 0 Å². The molecule has 1 aliphatic heterocycles. The van der Waals surface area contributed by atoms with Gasteiger partial charge in [-0.15, -0.1) is 0 Å². The van der Waals surface area contributed by atoms with Gasteiger partial charge >= 0.3 is 0 Å². The van der Waals surface area contributed by atoms with Crippen molar-refractivity contribution >= 4 is 27.5 Å². The molecule has 0 saturated heterocycles. The van der Waals surface area contributed by atoms with E-state index in [1.54, 1.807) is 24.3 Å². The molecule has 0 spiro atoms. The number of carbonyl (C=O) groups is 2. The number of amides is 2. The molecular formula is C17H16N2O4S. The summed E-state index contributed by atoms with van der Waals surface area (Å²) >= 11 is 0. The van der Waals surface area contributed by atoms with Crippen molar-refractivity contribution in [1.82, 2.24) is 4.31 Å². The molecule has 1 N–H and O–H groups in total. The number of carbonyl (C=O) groups excluding carboxylic acids is 2. The quantitative estimate of drug-likeness (QED) is 0.924. The van der Waals surface area contributed by atoms with Crippen LogP contribution in [0.2, 0.25) is 0 Å². The number of rotatable bonds is 3. The van der Waals surface area contributed by atoms with Gasteiger partial charge in [0, 0.05) is 5.69 Å². The normalized spacial score (nSPS) is 15.2. The van der Waals surface area contributed by atoms with Gasteiger partial charge in [0.25, 0.3) is 15.9 Å². The molecule has 0 aromatic heterocycles. The standard InChI is InChI=1S/C17H16N2O4S/c1-11-6-5-8-14(12(11)2)18-16(20)10-19-17(21)13-7-3-4-9-15(13)24(19,22)23/h3-9H,10H2,1-2H3,(H,18,20). The van der Waals surface area contributed by atoms with Gasteiger partial charge in [-0.3, -0.25) is 9.59 Å². The molecule has 7 heteroatoms. The molecule has 0 radical (unpaired) electrons. The van der Waals surface area contributed by atoms with Crippen molar-refractivity contribution in [3.63, 3.8) is 0 Å². The van der Waals surface area contributed by atoms with Crippen molar-refractivity contribution in [2.24, 2.45) is 0 Å². The van der Waals surface area contributed by atoms with E-state index in [2.05, 4.69) is 5.32 Å². The molecule has 1 aliphatic rings. The fraction of sp³-hybridized carbons (Fsp3) is 0.176. The molecule has 6 nitrogen and oxygen atoms in total. The highest BCUT2D eigenvalue weighted by Gasteiger charge is 2.41. The summed E-state index contributed by atoms with van der Waals surface area (Å²) in [6, 6.07) is 11.4. The number of fused-ring (bicyclic) bond motifs is 1. The second-order valence-electron chi connectivity index (χ2n) is 5.61. The minimum absolute atomic E-state index is 0.0606. The van der Waals surface area contributed by atoms with E-state index in [1.165, 1.54) is 12.1 Å². The molecule has 2 aromatic carbocycles. The zero-order valence-electron chi connectivity index (χ0n) is 13.2. The number of benzene rings is 2. The monoisotopic (exact) mass is 344 g/mol. The zero-order valence-corrected chi connectivity index (χ0v) is 14.1. The van der Waals surface area contributed by atoms with Crippen LogP contribution in [-0.2, 0) is 14.8 Å². The highest BCUT2D eigenvalue weighted by molar-refractivity contribution is 7.90. The van der Waals surface area contributed by atoms with Gasteiger partial charge in [-0.05, 0) is 43.2 Å². The largest absolute Gasteiger partial charge is 0.324 e. The van der Waals surface area contributed by atoms with E-state index in [0.717, 1.165) is 11.1 Å².